The first-order valence-corrected chi connectivity index (χ1v) is 19.0. The molecule has 1 unspecified atom stereocenters. The highest BCUT2D eigenvalue weighted by molar-refractivity contribution is 5.85. The predicted octanol–water partition coefficient (Wildman–Crippen LogP) is 10.4. The number of nitrogens with zero attached hydrogens (tertiary/aromatic N) is 1. The van der Waals surface area contributed by atoms with E-state index < -0.39 is 12.1 Å². The zero-order valence-corrected chi connectivity index (χ0v) is 29.0. The quantitative estimate of drug-likeness (QED) is 0.0887. The summed E-state index contributed by atoms with van der Waals surface area (Å²) in [6.07, 6.45) is 30.1. The van der Waals surface area contributed by atoms with Crippen LogP contribution in [0.4, 0.5) is 4.79 Å². The Labute approximate surface area is 271 Å². The van der Waals surface area contributed by atoms with Crippen molar-refractivity contribution in [2.24, 2.45) is 23.7 Å². The van der Waals surface area contributed by atoms with Gasteiger partial charge in [-0.1, -0.05) is 117 Å². The van der Waals surface area contributed by atoms with Gasteiger partial charge in [-0.2, -0.15) is 0 Å². The van der Waals surface area contributed by atoms with Gasteiger partial charge < -0.3 is 20.2 Å². The van der Waals surface area contributed by atoms with Crippen LogP contribution in [0.3, 0.4) is 0 Å². The van der Waals surface area contributed by atoms with Gasteiger partial charge in [-0.05, 0) is 68.6 Å². The summed E-state index contributed by atoms with van der Waals surface area (Å²) in [6, 6.07) is -0.310. The Morgan fingerprint density at radius 2 is 1.16 bits per heavy atom. The third kappa shape index (κ3) is 17.1. The molecule has 1 atom stereocenters. The Morgan fingerprint density at radius 1 is 0.705 bits per heavy atom. The lowest BCUT2D eigenvalue weighted by Gasteiger charge is -2.35. The van der Waals surface area contributed by atoms with Crippen LogP contribution in [0, 0.1) is 30.2 Å². The summed E-state index contributed by atoms with van der Waals surface area (Å²) in [7, 11) is 0. The molecule has 6 heteroatoms. The number of rotatable bonds is 23. The van der Waals surface area contributed by atoms with Crippen molar-refractivity contribution < 1.29 is 14.3 Å². The molecule has 0 spiro atoms. The summed E-state index contributed by atoms with van der Waals surface area (Å²) >= 11 is 0. The van der Waals surface area contributed by atoms with Crippen molar-refractivity contribution in [3.63, 3.8) is 0 Å². The number of carbonyl (C=O) groups is 2. The number of ether oxygens (including phenoxy) is 1. The molecule has 0 aromatic carbocycles. The van der Waals surface area contributed by atoms with Crippen LogP contribution < -0.4 is 10.6 Å². The lowest BCUT2D eigenvalue weighted by Crippen LogP contribution is -2.50. The molecule has 2 aliphatic rings. The van der Waals surface area contributed by atoms with Crippen LogP contribution in [0.15, 0.2) is 0 Å². The predicted molar refractivity (Wildman–Crippen MR) is 183 cm³/mol. The molecule has 0 aromatic heterocycles. The fourth-order valence-electron chi connectivity index (χ4n) is 7.42. The molecular formula is C38H69N3O3. The molecule has 0 heterocycles. The molecule has 0 bridgehead atoms. The average Bonchev–Trinajstić information content (AvgIpc) is 3.04. The number of hydrogen-bond acceptors (Lipinski definition) is 3. The lowest BCUT2D eigenvalue weighted by molar-refractivity contribution is -0.124. The summed E-state index contributed by atoms with van der Waals surface area (Å²) in [4.78, 5) is 29.1. The van der Waals surface area contributed by atoms with Crippen molar-refractivity contribution >= 4 is 12.0 Å². The molecule has 2 saturated carbocycles. The first-order valence-electron chi connectivity index (χ1n) is 19.0. The second-order valence-electron chi connectivity index (χ2n) is 14.5. The molecule has 0 saturated heterocycles. The van der Waals surface area contributed by atoms with Crippen molar-refractivity contribution in [1.82, 2.24) is 10.6 Å². The van der Waals surface area contributed by atoms with E-state index in [9.17, 15) is 9.59 Å². The van der Waals surface area contributed by atoms with Crippen molar-refractivity contribution in [3.8, 4) is 0 Å². The number of hydrogen-bond donors (Lipinski definition) is 2. The molecule has 2 fully saturated rings. The van der Waals surface area contributed by atoms with E-state index in [0.29, 0.717) is 19.1 Å². The van der Waals surface area contributed by atoms with Crippen LogP contribution in [-0.4, -0.2) is 37.2 Å². The summed E-state index contributed by atoms with van der Waals surface area (Å²) in [5, 5.41) is 5.88. The molecule has 2 amide bonds. The molecule has 0 aliphatic heterocycles. The minimum Gasteiger partial charge on any atom is -0.449 e. The highest BCUT2D eigenvalue weighted by Gasteiger charge is 2.33. The summed E-state index contributed by atoms with van der Waals surface area (Å²) in [5.41, 5.74) is 0. The van der Waals surface area contributed by atoms with E-state index in [4.69, 9.17) is 11.3 Å². The fraction of sp³-hybridized carbons (Fsp3) is 0.921. The Kier molecular flexibility index (Phi) is 21.4. The van der Waals surface area contributed by atoms with Gasteiger partial charge in [0.1, 0.15) is 6.04 Å². The smallest absolute Gasteiger partial charge is 0.407 e. The highest BCUT2D eigenvalue weighted by Crippen LogP contribution is 2.40. The second-order valence-corrected chi connectivity index (χ2v) is 14.5. The Morgan fingerprint density at radius 3 is 1.61 bits per heavy atom. The van der Waals surface area contributed by atoms with Crippen LogP contribution in [0.2, 0.25) is 0 Å². The van der Waals surface area contributed by atoms with Gasteiger partial charge in [0.15, 0.2) is 0 Å². The molecule has 0 radical (unpaired) electrons. The average molecular weight is 616 g/mol. The molecular weight excluding hydrogens is 546 g/mol. The van der Waals surface area contributed by atoms with Gasteiger partial charge in [0.25, 0.3) is 0 Å². The molecule has 254 valence electrons. The highest BCUT2D eigenvalue weighted by atomic mass is 16.5. The van der Waals surface area contributed by atoms with Gasteiger partial charge in [-0.3, -0.25) is 4.79 Å². The largest absolute Gasteiger partial charge is 0.449 e. The Hall–Kier alpha value is -1.77. The van der Waals surface area contributed by atoms with Gasteiger partial charge in [0.05, 0.1) is 6.61 Å². The van der Waals surface area contributed by atoms with Crippen LogP contribution >= 0.6 is 0 Å². The monoisotopic (exact) mass is 616 g/mol. The molecule has 2 N–H and O–H groups in total. The first-order chi connectivity index (χ1) is 21.4. The number of amides is 2. The van der Waals surface area contributed by atoms with E-state index in [-0.39, 0.29) is 17.9 Å². The minimum absolute atomic E-state index is 0.00160. The van der Waals surface area contributed by atoms with Gasteiger partial charge in [0.2, 0.25) is 11.9 Å². The maximum Gasteiger partial charge on any atom is 0.407 e. The van der Waals surface area contributed by atoms with E-state index in [2.05, 4.69) is 22.4 Å². The van der Waals surface area contributed by atoms with Gasteiger partial charge in [-0.25, -0.2) is 11.4 Å². The Bertz CT molecular complexity index is 779. The van der Waals surface area contributed by atoms with Crippen LogP contribution in [-0.2, 0) is 9.53 Å². The molecule has 44 heavy (non-hydrogen) atoms. The number of unbranched alkanes of at least 4 members (excludes halogenated alkanes) is 15. The van der Waals surface area contributed by atoms with Crippen molar-refractivity contribution in [1.29, 1.82) is 0 Å². The SMILES string of the molecule is [C-]#[N+]C1CCC(C2CCC(COC(=O)NC(C(=O)NCCCCCCCCCCCCCCCCCC)C(C)C)CC2)CC1. The van der Waals surface area contributed by atoms with Crippen LogP contribution in [0.1, 0.15) is 175 Å². The number of carbonyl (C=O) groups excluding carboxylic acids is 2. The fourth-order valence-corrected chi connectivity index (χ4v) is 7.42. The van der Waals surface area contributed by atoms with Gasteiger partial charge >= 0.3 is 6.09 Å². The van der Waals surface area contributed by atoms with Gasteiger partial charge in [-0.15, -0.1) is 0 Å². The van der Waals surface area contributed by atoms with Crippen LogP contribution in [0.5, 0.6) is 0 Å². The van der Waals surface area contributed by atoms with Gasteiger partial charge in [0, 0.05) is 19.4 Å². The third-order valence-corrected chi connectivity index (χ3v) is 10.5. The normalized spacial score (nSPS) is 22.7. The number of nitrogens with one attached hydrogen (secondary N) is 2. The summed E-state index contributed by atoms with van der Waals surface area (Å²) in [5.74, 6) is 1.86. The number of alkyl carbamates (subject to hydrolysis) is 1. The van der Waals surface area contributed by atoms with E-state index in [1.54, 1.807) is 0 Å². The van der Waals surface area contributed by atoms with E-state index >= 15 is 0 Å². The van der Waals surface area contributed by atoms with E-state index in [1.165, 1.54) is 116 Å². The maximum atomic E-state index is 12.8. The standard InChI is InChI=1S/C38H69N3O3/c1-5-6-7-8-9-10-11-12-13-14-15-16-17-18-19-20-29-40-37(42)36(31(2)3)41-38(43)44-30-32-21-23-33(24-22-32)34-25-27-35(39-4)28-26-34/h31-36H,5-30H2,1-3H3,(H,40,42)(H,41,43). The Balaban J connectivity index is 1.45. The lowest BCUT2D eigenvalue weighted by atomic mass is 9.70. The summed E-state index contributed by atoms with van der Waals surface area (Å²) in [6.45, 7) is 14.6. The second kappa shape index (κ2) is 24.5. The maximum absolute atomic E-state index is 12.8. The first kappa shape index (κ1) is 38.4. The molecule has 6 nitrogen and oxygen atoms in total. The van der Waals surface area contributed by atoms with Crippen molar-refractivity contribution in [3.05, 3.63) is 11.4 Å². The molecule has 0 aromatic rings. The van der Waals surface area contributed by atoms with Crippen LogP contribution in [0.25, 0.3) is 4.85 Å². The zero-order valence-electron chi connectivity index (χ0n) is 29.0. The third-order valence-electron chi connectivity index (χ3n) is 10.5. The molecule has 2 rings (SSSR count). The zero-order chi connectivity index (χ0) is 31.8. The van der Waals surface area contributed by atoms with Crippen molar-refractivity contribution in [2.75, 3.05) is 13.2 Å². The minimum atomic E-state index is -0.565. The van der Waals surface area contributed by atoms with E-state index in [1.807, 2.05) is 13.8 Å². The summed E-state index contributed by atoms with van der Waals surface area (Å²) < 4.78 is 5.60. The van der Waals surface area contributed by atoms with E-state index in [0.717, 1.165) is 50.4 Å². The topological polar surface area (TPSA) is 71.8 Å². The van der Waals surface area contributed by atoms with Crippen molar-refractivity contribution in [2.45, 2.75) is 187 Å². The molecule has 2 aliphatic carbocycles.